The number of hydrogen-bond donors (Lipinski definition) is 0. The van der Waals surface area contributed by atoms with E-state index in [0.29, 0.717) is 12.1 Å². The molecule has 0 aliphatic rings. The van der Waals surface area contributed by atoms with Gasteiger partial charge in [0.1, 0.15) is 0 Å². The maximum Gasteiger partial charge on any atom is 0.241 e. The first-order valence-corrected chi connectivity index (χ1v) is 5.67. The van der Waals surface area contributed by atoms with Crippen molar-refractivity contribution in [2.75, 3.05) is 27.7 Å². The second kappa shape index (κ2) is 6.59. The predicted molar refractivity (Wildman–Crippen MR) is 72.2 cm³/mol. The molecule has 0 aromatic heterocycles. The van der Waals surface area contributed by atoms with Crippen LogP contribution in [0.4, 0.5) is 0 Å². The number of likely N-dealkylation sites (N-methyl/N-ethyl adjacent to an activating group) is 2. The van der Waals surface area contributed by atoms with Crippen LogP contribution in [-0.4, -0.2) is 49.7 Å². The fraction of sp³-hybridized carbons (Fsp3) is 0.286. The van der Waals surface area contributed by atoms with E-state index >= 15 is 0 Å². The van der Waals surface area contributed by atoms with E-state index in [9.17, 15) is 9.59 Å². The molecule has 0 saturated heterocycles. The average molecular weight is 246 g/mol. The summed E-state index contributed by atoms with van der Waals surface area (Å²) < 4.78 is 0. The third kappa shape index (κ3) is 4.05. The van der Waals surface area contributed by atoms with Gasteiger partial charge in [-0.1, -0.05) is 24.3 Å². The molecule has 96 valence electrons. The molecule has 0 heterocycles. The summed E-state index contributed by atoms with van der Waals surface area (Å²) in [6.07, 6.45) is 4.45. The first-order valence-electron chi connectivity index (χ1n) is 5.67. The molecule has 1 amide bonds. The van der Waals surface area contributed by atoms with Crippen molar-refractivity contribution in [3.05, 3.63) is 41.6 Å². The van der Waals surface area contributed by atoms with E-state index in [0.717, 1.165) is 11.8 Å². The van der Waals surface area contributed by atoms with Gasteiger partial charge in [-0.05, 0) is 17.8 Å². The molecule has 0 unspecified atom stereocenters. The van der Waals surface area contributed by atoms with Crippen molar-refractivity contribution in [2.45, 2.75) is 0 Å². The maximum absolute atomic E-state index is 11.5. The largest absolute Gasteiger partial charge is 0.371 e. The molecule has 0 fully saturated rings. The van der Waals surface area contributed by atoms with E-state index in [1.165, 1.54) is 0 Å². The lowest BCUT2D eigenvalue weighted by Crippen LogP contribution is -2.31. The van der Waals surface area contributed by atoms with Gasteiger partial charge >= 0.3 is 0 Å². The molecule has 0 aliphatic carbocycles. The van der Waals surface area contributed by atoms with Crippen LogP contribution in [0, 0.1) is 0 Å². The minimum Gasteiger partial charge on any atom is -0.371 e. The highest BCUT2D eigenvalue weighted by Crippen LogP contribution is 2.08. The van der Waals surface area contributed by atoms with E-state index < -0.39 is 0 Å². The van der Waals surface area contributed by atoms with Crippen molar-refractivity contribution in [3.8, 4) is 0 Å². The topological polar surface area (TPSA) is 40.6 Å². The lowest BCUT2D eigenvalue weighted by atomic mass is 10.1. The number of hydrogen-bond acceptors (Lipinski definition) is 3. The van der Waals surface area contributed by atoms with Gasteiger partial charge in [0.25, 0.3) is 0 Å². The summed E-state index contributed by atoms with van der Waals surface area (Å²) in [6, 6.07) is 7.32. The molecule has 18 heavy (non-hydrogen) atoms. The van der Waals surface area contributed by atoms with Crippen molar-refractivity contribution >= 4 is 18.3 Å². The van der Waals surface area contributed by atoms with Crippen LogP contribution in [0.25, 0.3) is 6.08 Å². The van der Waals surface area contributed by atoms with E-state index in [1.54, 1.807) is 36.2 Å². The Balaban J connectivity index is 2.69. The molecule has 1 aromatic carbocycles. The molecular weight excluding hydrogens is 228 g/mol. The molecule has 4 nitrogen and oxygen atoms in total. The Bertz CT molecular complexity index is 453. The highest BCUT2D eigenvalue weighted by Gasteiger charge is 2.05. The monoisotopic (exact) mass is 246 g/mol. The Labute approximate surface area is 108 Å². The Hall–Kier alpha value is -2.10. The minimum absolute atomic E-state index is 0.0332. The van der Waals surface area contributed by atoms with Gasteiger partial charge < -0.3 is 9.80 Å². The van der Waals surface area contributed by atoms with Crippen LogP contribution < -0.4 is 0 Å². The van der Waals surface area contributed by atoms with E-state index in [2.05, 4.69) is 0 Å². The molecule has 0 atom stereocenters. The molecule has 1 rings (SSSR count). The fourth-order valence-corrected chi connectivity index (χ4v) is 1.39. The standard InChI is InChI=1S/C14H18N2O2/c1-15(2)14(18)10-16(3)9-8-12-6-4-5-7-13(12)11-17/h4-9,11H,10H2,1-3H3/b9-8-. The Morgan fingerprint density at radius 3 is 2.33 bits per heavy atom. The lowest BCUT2D eigenvalue weighted by molar-refractivity contribution is -0.129. The summed E-state index contributed by atoms with van der Waals surface area (Å²) in [5, 5.41) is 0. The van der Waals surface area contributed by atoms with E-state index in [1.807, 2.05) is 31.3 Å². The summed E-state index contributed by atoms with van der Waals surface area (Å²) in [4.78, 5) is 25.6. The van der Waals surface area contributed by atoms with Gasteiger partial charge in [-0.15, -0.1) is 0 Å². The smallest absolute Gasteiger partial charge is 0.241 e. The van der Waals surface area contributed by atoms with Gasteiger partial charge in [0.05, 0.1) is 6.54 Å². The molecule has 1 aromatic rings. The maximum atomic E-state index is 11.5. The van der Waals surface area contributed by atoms with Crippen LogP contribution in [0.15, 0.2) is 30.5 Å². The van der Waals surface area contributed by atoms with Crippen molar-refractivity contribution in [1.82, 2.24) is 9.80 Å². The Morgan fingerprint density at radius 1 is 1.17 bits per heavy atom. The zero-order valence-electron chi connectivity index (χ0n) is 11.0. The van der Waals surface area contributed by atoms with E-state index in [-0.39, 0.29) is 5.91 Å². The summed E-state index contributed by atoms with van der Waals surface area (Å²) in [6.45, 7) is 0.312. The van der Waals surface area contributed by atoms with Gasteiger partial charge in [-0.3, -0.25) is 9.59 Å². The van der Waals surface area contributed by atoms with Crippen molar-refractivity contribution in [1.29, 1.82) is 0 Å². The highest BCUT2D eigenvalue weighted by molar-refractivity contribution is 5.82. The molecular formula is C14H18N2O2. The van der Waals surface area contributed by atoms with Crippen LogP contribution in [0.5, 0.6) is 0 Å². The highest BCUT2D eigenvalue weighted by atomic mass is 16.2. The number of benzene rings is 1. The van der Waals surface area contributed by atoms with Gasteiger partial charge in [-0.2, -0.15) is 0 Å². The fourth-order valence-electron chi connectivity index (χ4n) is 1.39. The molecule has 0 radical (unpaired) electrons. The number of carbonyl (C=O) groups is 2. The zero-order chi connectivity index (χ0) is 13.5. The average Bonchev–Trinajstić information content (AvgIpc) is 2.36. The van der Waals surface area contributed by atoms with Crippen LogP contribution in [0.2, 0.25) is 0 Å². The van der Waals surface area contributed by atoms with Crippen LogP contribution in [-0.2, 0) is 4.79 Å². The van der Waals surface area contributed by atoms with Crippen LogP contribution in [0.1, 0.15) is 15.9 Å². The van der Waals surface area contributed by atoms with Gasteiger partial charge in [0, 0.05) is 26.7 Å². The predicted octanol–water partition coefficient (Wildman–Crippen LogP) is 1.49. The number of nitrogens with zero attached hydrogens (tertiary/aromatic N) is 2. The van der Waals surface area contributed by atoms with Gasteiger partial charge in [0.15, 0.2) is 6.29 Å². The summed E-state index contributed by atoms with van der Waals surface area (Å²) in [7, 11) is 5.27. The second-order valence-corrected chi connectivity index (χ2v) is 4.27. The molecule has 0 spiro atoms. The number of carbonyl (C=O) groups excluding carboxylic acids is 2. The summed E-state index contributed by atoms with van der Waals surface area (Å²) in [5.41, 5.74) is 1.48. The van der Waals surface area contributed by atoms with Gasteiger partial charge in [0.2, 0.25) is 5.91 Å². The number of aldehydes is 1. The molecule has 0 bridgehead atoms. The molecule has 0 aliphatic heterocycles. The van der Waals surface area contributed by atoms with E-state index in [4.69, 9.17) is 0 Å². The summed E-state index contributed by atoms with van der Waals surface area (Å²) >= 11 is 0. The zero-order valence-corrected chi connectivity index (χ0v) is 11.0. The van der Waals surface area contributed by atoms with Crippen LogP contribution in [0.3, 0.4) is 0 Å². The SMILES string of the molecule is CN(/C=C\c1ccccc1C=O)CC(=O)N(C)C. The molecule has 0 N–H and O–H groups in total. The second-order valence-electron chi connectivity index (χ2n) is 4.27. The third-order valence-corrected chi connectivity index (χ3v) is 2.52. The number of amides is 1. The third-order valence-electron chi connectivity index (χ3n) is 2.52. The van der Waals surface area contributed by atoms with Gasteiger partial charge in [-0.25, -0.2) is 0 Å². The van der Waals surface area contributed by atoms with Crippen LogP contribution >= 0.6 is 0 Å². The first-order chi connectivity index (χ1) is 8.54. The van der Waals surface area contributed by atoms with Crippen molar-refractivity contribution in [3.63, 3.8) is 0 Å². The number of rotatable bonds is 5. The molecule has 4 heteroatoms. The first kappa shape index (κ1) is 14.0. The minimum atomic E-state index is 0.0332. The quantitative estimate of drug-likeness (QED) is 0.739. The Kier molecular flexibility index (Phi) is 5.11. The Morgan fingerprint density at radius 2 is 1.78 bits per heavy atom. The lowest BCUT2D eigenvalue weighted by Gasteiger charge is -2.16. The molecule has 0 saturated carbocycles. The van der Waals surface area contributed by atoms with Crippen molar-refractivity contribution in [2.24, 2.45) is 0 Å². The van der Waals surface area contributed by atoms with Crippen molar-refractivity contribution < 1.29 is 9.59 Å². The summed E-state index contributed by atoms with van der Waals surface area (Å²) in [5.74, 6) is 0.0332. The normalized spacial score (nSPS) is 10.4.